The highest BCUT2D eigenvalue weighted by atomic mass is 32.2. The van der Waals surface area contributed by atoms with Crippen LogP contribution in [0.3, 0.4) is 0 Å². The highest BCUT2D eigenvalue weighted by Crippen LogP contribution is 2.16. The van der Waals surface area contributed by atoms with Crippen LogP contribution in [0.4, 0.5) is 5.69 Å². The number of nitrogens with one attached hydrogen (secondary N) is 1. The van der Waals surface area contributed by atoms with E-state index in [1.807, 2.05) is 11.8 Å². The summed E-state index contributed by atoms with van der Waals surface area (Å²) in [6, 6.07) is 6.51. The van der Waals surface area contributed by atoms with Crippen LogP contribution in [0, 0.1) is 0 Å². The van der Waals surface area contributed by atoms with Gasteiger partial charge in [0.05, 0.1) is 5.69 Å². The Hall–Kier alpha value is -0.720. The summed E-state index contributed by atoms with van der Waals surface area (Å²) < 4.78 is 26.6. The topological polar surface area (TPSA) is 72.2 Å². The van der Waals surface area contributed by atoms with Crippen LogP contribution in [0.25, 0.3) is 0 Å². The summed E-state index contributed by atoms with van der Waals surface area (Å²) >= 11 is 1.84. The maximum atomic E-state index is 12.0. The van der Waals surface area contributed by atoms with Crippen molar-refractivity contribution in [3.05, 3.63) is 24.3 Å². The van der Waals surface area contributed by atoms with Gasteiger partial charge in [0.15, 0.2) is 0 Å². The smallest absolute Gasteiger partial charge is 0.242 e. The molecule has 0 aliphatic heterocycles. The average Bonchev–Trinajstić information content (AvgIpc) is 2.38. The summed E-state index contributed by atoms with van der Waals surface area (Å²) in [5.74, 6) is 1.17. The zero-order valence-corrected chi connectivity index (χ0v) is 12.9. The standard InChI is InChI=1S/C13H22N2O2S2/c1-18-11-7-3-2-6-10-15-19(16,17)13-9-5-4-8-12(13)14/h4-5,8-9,15H,2-3,6-7,10-11,14H2,1H3. The maximum absolute atomic E-state index is 12.0. The molecule has 0 aromatic heterocycles. The normalized spacial score (nSPS) is 11.6. The van der Waals surface area contributed by atoms with Crippen molar-refractivity contribution in [2.75, 3.05) is 24.3 Å². The summed E-state index contributed by atoms with van der Waals surface area (Å²) in [5, 5.41) is 0. The lowest BCUT2D eigenvalue weighted by molar-refractivity contribution is 0.574. The lowest BCUT2D eigenvalue weighted by Crippen LogP contribution is -2.25. The minimum absolute atomic E-state index is 0.164. The van der Waals surface area contributed by atoms with E-state index < -0.39 is 10.0 Å². The van der Waals surface area contributed by atoms with Crippen molar-refractivity contribution in [3.63, 3.8) is 0 Å². The van der Waals surface area contributed by atoms with E-state index >= 15 is 0 Å². The second kappa shape index (κ2) is 8.45. The lowest BCUT2D eigenvalue weighted by atomic mass is 10.2. The number of sulfonamides is 1. The number of rotatable bonds is 9. The van der Waals surface area contributed by atoms with Crippen molar-refractivity contribution >= 4 is 27.5 Å². The zero-order chi connectivity index (χ0) is 14.1. The molecule has 0 unspecified atom stereocenters. The van der Waals surface area contributed by atoms with Crippen molar-refractivity contribution in [1.29, 1.82) is 0 Å². The molecule has 0 spiro atoms. The van der Waals surface area contributed by atoms with Gasteiger partial charge in [-0.2, -0.15) is 11.8 Å². The zero-order valence-electron chi connectivity index (χ0n) is 11.3. The Balaban J connectivity index is 2.34. The summed E-state index contributed by atoms with van der Waals surface area (Å²) in [4.78, 5) is 0.164. The van der Waals surface area contributed by atoms with Crippen LogP contribution in [-0.2, 0) is 10.0 Å². The van der Waals surface area contributed by atoms with E-state index in [0.29, 0.717) is 6.54 Å². The van der Waals surface area contributed by atoms with E-state index in [1.54, 1.807) is 18.2 Å². The van der Waals surface area contributed by atoms with E-state index in [-0.39, 0.29) is 10.6 Å². The summed E-state index contributed by atoms with van der Waals surface area (Å²) in [6.07, 6.45) is 6.35. The molecule has 6 heteroatoms. The van der Waals surface area contributed by atoms with Crippen LogP contribution >= 0.6 is 11.8 Å². The van der Waals surface area contributed by atoms with Crippen molar-refractivity contribution in [2.45, 2.75) is 30.6 Å². The molecule has 0 aliphatic carbocycles. The molecule has 1 aromatic rings. The number of anilines is 1. The Bertz CT molecular complexity index is 475. The van der Waals surface area contributed by atoms with Crippen molar-refractivity contribution in [2.24, 2.45) is 0 Å². The quantitative estimate of drug-likeness (QED) is 0.543. The van der Waals surface area contributed by atoms with E-state index in [2.05, 4.69) is 11.0 Å². The number of para-hydroxylation sites is 1. The average molecular weight is 302 g/mol. The molecular formula is C13H22N2O2S2. The first-order valence-electron chi connectivity index (χ1n) is 6.41. The van der Waals surface area contributed by atoms with Gasteiger partial charge in [0, 0.05) is 6.54 Å². The van der Waals surface area contributed by atoms with Crippen LogP contribution in [0.5, 0.6) is 0 Å². The molecule has 0 atom stereocenters. The first-order chi connectivity index (χ1) is 9.08. The Labute approximate surface area is 120 Å². The predicted octanol–water partition coefficient (Wildman–Crippen LogP) is 2.47. The second-order valence-corrected chi connectivity index (χ2v) is 7.06. The molecule has 1 rings (SSSR count). The van der Waals surface area contributed by atoms with Gasteiger partial charge in [-0.05, 0) is 37.0 Å². The number of hydrogen-bond donors (Lipinski definition) is 2. The molecule has 0 amide bonds. The fraction of sp³-hybridized carbons (Fsp3) is 0.538. The van der Waals surface area contributed by atoms with E-state index in [9.17, 15) is 8.42 Å². The second-order valence-electron chi connectivity index (χ2n) is 4.34. The van der Waals surface area contributed by atoms with Gasteiger partial charge in [-0.15, -0.1) is 0 Å². The number of benzene rings is 1. The van der Waals surface area contributed by atoms with Gasteiger partial charge >= 0.3 is 0 Å². The molecule has 19 heavy (non-hydrogen) atoms. The minimum Gasteiger partial charge on any atom is -0.398 e. The molecule has 4 nitrogen and oxygen atoms in total. The third-order valence-electron chi connectivity index (χ3n) is 2.78. The van der Waals surface area contributed by atoms with E-state index in [0.717, 1.165) is 19.3 Å². The van der Waals surface area contributed by atoms with Crippen molar-refractivity contribution in [3.8, 4) is 0 Å². The van der Waals surface area contributed by atoms with Gasteiger partial charge in [-0.3, -0.25) is 0 Å². The Morgan fingerprint density at radius 3 is 2.53 bits per heavy atom. The van der Waals surface area contributed by atoms with Gasteiger partial charge < -0.3 is 5.73 Å². The van der Waals surface area contributed by atoms with Gasteiger partial charge in [0.25, 0.3) is 0 Å². The SMILES string of the molecule is CSCCCCCCNS(=O)(=O)c1ccccc1N. The van der Waals surface area contributed by atoms with E-state index in [1.165, 1.54) is 18.2 Å². The molecule has 108 valence electrons. The molecule has 0 saturated carbocycles. The molecule has 0 bridgehead atoms. The first kappa shape index (κ1) is 16.3. The highest BCUT2D eigenvalue weighted by Gasteiger charge is 2.15. The lowest BCUT2D eigenvalue weighted by Gasteiger charge is -2.08. The molecule has 0 fully saturated rings. The van der Waals surface area contributed by atoms with Crippen LogP contribution in [0.15, 0.2) is 29.2 Å². The van der Waals surface area contributed by atoms with Gasteiger partial charge in [0.1, 0.15) is 4.90 Å². The van der Waals surface area contributed by atoms with Crippen molar-refractivity contribution in [1.82, 2.24) is 4.72 Å². The van der Waals surface area contributed by atoms with Gasteiger partial charge in [-0.25, -0.2) is 13.1 Å². The van der Waals surface area contributed by atoms with Crippen LogP contribution in [0.2, 0.25) is 0 Å². The molecule has 0 radical (unpaired) electrons. The predicted molar refractivity (Wildman–Crippen MR) is 82.9 cm³/mol. The highest BCUT2D eigenvalue weighted by molar-refractivity contribution is 7.98. The number of nitrogens with two attached hydrogens (primary N) is 1. The molecule has 0 aliphatic rings. The number of unbranched alkanes of at least 4 members (excludes halogenated alkanes) is 3. The number of thioether (sulfide) groups is 1. The first-order valence-corrected chi connectivity index (χ1v) is 9.29. The summed E-state index contributed by atoms with van der Waals surface area (Å²) in [5.41, 5.74) is 5.96. The molecule has 1 aromatic carbocycles. The maximum Gasteiger partial charge on any atom is 0.242 e. The fourth-order valence-corrected chi connectivity index (χ4v) is 3.43. The Morgan fingerprint density at radius 2 is 1.84 bits per heavy atom. The van der Waals surface area contributed by atoms with E-state index in [4.69, 9.17) is 5.73 Å². The third kappa shape index (κ3) is 5.84. The molecule has 0 saturated heterocycles. The third-order valence-corrected chi connectivity index (χ3v) is 5.01. The number of nitrogen functional groups attached to an aromatic ring is 1. The summed E-state index contributed by atoms with van der Waals surface area (Å²) in [7, 11) is -3.47. The number of hydrogen-bond acceptors (Lipinski definition) is 4. The largest absolute Gasteiger partial charge is 0.398 e. The molecular weight excluding hydrogens is 280 g/mol. The Kier molecular flexibility index (Phi) is 7.27. The molecule has 0 heterocycles. The van der Waals surface area contributed by atoms with Crippen LogP contribution in [-0.4, -0.2) is 27.0 Å². The van der Waals surface area contributed by atoms with Crippen LogP contribution in [0.1, 0.15) is 25.7 Å². The van der Waals surface area contributed by atoms with Gasteiger partial charge in [-0.1, -0.05) is 25.0 Å². The fourth-order valence-electron chi connectivity index (χ4n) is 1.73. The minimum atomic E-state index is -3.47. The Morgan fingerprint density at radius 1 is 1.16 bits per heavy atom. The molecule has 3 N–H and O–H groups in total. The monoisotopic (exact) mass is 302 g/mol. The van der Waals surface area contributed by atoms with Gasteiger partial charge in [0.2, 0.25) is 10.0 Å². The van der Waals surface area contributed by atoms with Crippen molar-refractivity contribution < 1.29 is 8.42 Å². The summed E-state index contributed by atoms with van der Waals surface area (Å²) in [6.45, 7) is 0.468. The van der Waals surface area contributed by atoms with Crippen LogP contribution < -0.4 is 10.5 Å².